The van der Waals surface area contributed by atoms with Crippen LogP contribution in [0.5, 0.6) is 0 Å². The van der Waals surface area contributed by atoms with Crippen LogP contribution in [0.3, 0.4) is 0 Å². The number of hydrogen-bond acceptors (Lipinski definition) is 5. The lowest BCUT2D eigenvalue weighted by atomic mass is 10.1. The number of piperazine rings is 1. The first-order chi connectivity index (χ1) is 9.08. The summed E-state index contributed by atoms with van der Waals surface area (Å²) in [5.41, 5.74) is 9.21. The molecular weight excluding hydrogens is 238 g/mol. The van der Waals surface area contributed by atoms with Crippen LogP contribution in [0.1, 0.15) is 30.7 Å². The molecule has 0 bridgehead atoms. The molecule has 0 aromatic carbocycles. The minimum Gasteiger partial charge on any atom is -0.352 e. The summed E-state index contributed by atoms with van der Waals surface area (Å²) in [5.74, 6) is 0.980. The minimum absolute atomic E-state index is 0.528. The van der Waals surface area contributed by atoms with Gasteiger partial charge in [0.05, 0.1) is 5.69 Å². The van der Waals surface area contributed by atoms with Crippen molar-refractivity contribution in [3.8, 4) is 0 Å². The van der Waals surface area contributed by atoms with E-state index in [-0.39, 0.29) is 0 Å². The molecule has 5 nitrogen and oxygen atoms in total. The molecular formula is C14H25N5. The van der Waals surface area contributed by atoms with Crippen molar-refractivity contribution in [2.24, 2.45) is 5.73 Å². The van der Waals surface area contributed by atoms with Gasteiger partial charge in [0, 0.05) is 37.8 Å². The van der Waals surface area contributed by atoms with E-state index in [1.165, 1.54) is 5.56 Å². The van der Waals surface area contributed by atoms with Crippen LogP contribution in [0.2, 0.25) is 0 Å². The highest BCUT2D eigenvalue weighted by Crippen LogP contribution is 2.24. The third kappa shape index (κ3) is 2.72. The Morgan fingerprint density at radius 3 is 2.58 bits per heavy atom. The molecule has 1 aliphatic heterocycles. The zero-order chi connectivity index (χ0) is 14.0. The van der Waals surface area contributed by atoms with E-state index in [0.29, 0.717) is 12.6 Å². The van der Waals surface area contributed by atoms with Crippen LogP contribution in [-0.4, -0.2) is 47.3 Å². The molecule has 0 amide bonds. The van der Waals surface area contributed by atoms with Gasteiger partial charge in [-0.3, -0.25) is 4.90 Å². The van der Waals surface area contributed by atoms with E-state index in [9.17, 15) is 0 Å². The Morgan fingerprint density at radius 2 is 2.00 bits per heavy atom. The maximum Gasteiger partial charge on any atom is 0.156 e. The molecule has 0 radical (unpaired) electrons. The predicted molar refractivity (Wildman–Crippen MR) is 78.3 cm³/mol. The molecule has 1 aromatic heterocycles. The van der Waals surface area contributed by atoms with Gasteiger partial charge in [0.15, 0.2) is 5.82 Å². The summed E-state index contributed by atoms with van der Waals surface area (Å²) in [7, 11) is 0. The predicted octanol–water partition coefficient (Wildman–Crippen LogP) is 1.08. The number of rotatable bonds is 3. The summed E-state index contributed by atoms with van der Waals surface area (Å²) in [6, 6.07) is 0.549. The summed E-state index contributed by atoms with van der Waals surface area (Å²) < 4.78 is 0. The molecule has 1 fully saturated rings. The lowest BCUT2D eigenvalue weighted by molar-refractivity contribution is 0.199. The zero-order valence-electron chi connectivity index (χ0n) is 12.5. The van der Waals surface area contributed by atoms with Crippen LogP contribution in [0, 0.1) is 13.8 Å². The van der Waals surface area contributed by atoms with Crippen LogP contribution in [0.25, 0.3) is 0 Å². The fourth-order valence-corrected chi connectivity index (χ4v) is 2.80. The molecule has 5 heteroatoms. The molecule has 1 aliphatic rings. The van der Waals surface area contributed by atoms with Gasteiger partial charge in [-0.1, -0.05) is 6.92 Å². The molecule has 2 N–H and O–H groups in total. The smallest absolute Gasteiger partial charge is 0.156 e. The third-order valence-electron chi connectivity index (χ3n) is 4.23. The van der Waals surface area contributed by atoms with Gasteiger partial charge in [0.25, 0.3) is 0 Å². The van der Waals surface area contributed by atoms with Crippen LogP contribution < -0.4 is 10.6 Å². The second-order valence-electron chi connectivity index (χ2n) is 5.34. The summed E-state index contributed by atoms with van der Waals surface area (Å²) in [6.07, 6.45) is 0. The van der Waals surface area contributed by atoms with Crippen LogP contribution >= 0.6 is 0 Å². The first kappa shape index (κ1) is 14.2. The topological polar surface area (TPSA) is 58.3 Å². The maximum atomic E-state index is 5.91. The summed E-state index contributed by atoms with van der Waals surface area (Å²) in [6.45, 7) is 13.3. The molecule has 19 heavy (non-hydrogen) atoms. The van der Waals surface area contributed by atoms with Crippen LogP contribution in [0.4, 0.5) is 5.82 Å². The largest absolute Gasteiger partial charge is 0.352 e. The van der Waals surface area contributed by atoms with E-state index < -0.39 is 0 Å². The second-order valence-corrected chi connectivity index (χ2v) is 5.34. The van der Waals surface area contributed by atoms with E-state index in [1.807, 2.05) is 6.92 Å². The lowest BCUT2D eigenvalue weighted by Gasteiger charge is -2.40. The first-order valence-corrected chi connectivity index (χ1v) is 7.10. The monoisotopic (exact) mass is 263 g/mol. The van der Waals surface area contributed by atoms with Gasteiger partial charge in [-0.2, -0.15) is 5.10 Å². The molecule has 1 atom stereocenters. The Hall–Kier alpha value is -1.20. The normalized spacial score (nSPS) is 20.9. The number of nitrogens with two attached hydrogens (primary N) is 1. The van der Waals surface area contributed by atoms with Crippen molar-refractivity contribution >= 4 is 5.82 Å². The van der Waals surface area contributed by atoms with Crippen molar-refractivity contribution in [2.45, 2.75) is 40.3 Å². The molecule has 106 valence electrons. The Balaban J connectivity index is 2.26. The van der Waals surface area contributed by atoms with Crippen molar-refractivity contribution in [2.75, 3.05) is 31.1 Å². The number of nitrogens with zero attached hydrogens (tertiary/aromatic N) is 4. The third-order valence-corrected chi connectivity index (χ3v) is 4.23. The molecule has 0 saturated carbocycles. The van der Waals surface area contributed by atoms with Gasteiger partial charge >= 0.3 is 0 Å². The van der Waals surface area contributed by atoms with E-state index in [4.69, 9.17) is 5.73 Å². The fourth-order valence-electron chi connectivity index (χ4n) is 2.80. The Labute approximate surface area is 115 Å². The van der Waals surface area contributed by atoms with Crippen LogP contribution in [-0.2, 0) is 6.54 Å². The minimum atomic E-state index is 0.528. The summed E-state index contributed by atoms with van der Waals surface area (Å²) in [4.78, 5) is 4.82. The average molecular weight is 263 g/mol. The van der Waals surface area contributed by atoms with E-state index >= 15 is 0 Å². The lowest BCUT2D eigenvalue weighted by Crippen LogP contribution is -2.52. The van der Waals surface area contributed by atoms with Gasteiger partial charge < -0.3 is 10.6 Å². The van der Waals surface area contributed by atoms with Crippen molar-refractivity contribution in [1.29, 1.82) is 0 Å². The average Bonchev–Trinajstić information content (AvgIpc) is 2.41. The molecule has 0 spiro atoms. The number of likely N-dealkylation sites (N-methyl/N-ethyl adjacent to an activating group) is 1. The fraction of sp³-hybridized carbons (Fsp3) is 0.714. The maximum absolute atomic E-state index is 5.91. The van der Waals surface area contributed by atoms with Gasteiger partial charge in [-0.15, -0.1) is 5.10 Å². The zero-order valence-corrected chi connectivity index (χ0v) is 12.5. The Kier molecular flexibility index (Phi) is 4.37. The van der Waals surface area contributed by atoms with Gasteiger partial charge in [0.1, 0.15) is 0 Å². The number of anilines is 1. The second kappa shape index (κ2) is 5.84. The molecule has 2 rings (SSSR count). The Morgan fingerprint density at radius 1 is 1.26 bits per heavy atom. The van der Waals surface area contributed by atoms with E-state index in [2.05, 4.69) is 40.8 Å². The molecule has 0 aliphatic carbocycles. The van der Waals surface area contributed by atoms with E-state index in [1.54, 1.807) is 0 Å². The highest BCUT2D eigenvalue weighted by molar-refractivity contribution is 5.51. The van der Waals surface area contributed by atoms with Crippen molar-refractivity contribution in [3.63, 3.8) is 0 Å². The van der Waals surface area contributed by atoms with Crippen molar-refractivity contribution in [3.05, 3.63) is 16.8 Å². The number of hydrogen-bond donors (Lipinski definition) is 1. The summed E-state index contributed by atoms with van der Waals surface area (Å²) in [5, 5.41) is 8.66. The molecule has 1 saturated heterocycles. The summed E-state index contributed by atoms with van der Waals surface area (Å²) >= 11 is 0. The molecule has 2 heterocycles. The first-order valence-electron chi connectivity index (χ1n) is 7.10. The number of aryl methyl sites for hydroxylation is 1. The SMILES string of the molecule is CCN1CCN(c2nnc(C)c(C)c2CN)CC1C. The Bertz CT molecular complexity index is 446. The van der Waals surface area contributed by atoms with E-state index in [0.717, 1.165) is 43.3 Å². The number of aromatic nitrogens is 2. The van der Waals surface area contributed by atoms with Crippen molar-refractivity contribution < 1.29 is 0 Å². The molecule has 1 unspecified atom stereocenters. The van der Waals surface area contributed by atoms with Crippen molar-refractivity contribution in [1.82, 2.24) is 15.1 Å². The van der Waals surface area contributed by atoms with Gasteiger partial charge in [-0.05, 0) is 32.9 Å². The highest BCUT2D eigenvalue weighted by atomic mass is 15.3. The highest BCUT2D eigenvalue weighted by Gasteiger charge is 2.25. The standard InChI is InChI=1S/C14H25N5/c1-5-18-6-7-19(9-10(18)2)14-13(8-15)11(3)12(4)16-17-14/h10H,5-9,15H2,1-4H3. The molecule has 1 aromatic rings. The quantitative estimate of drug-likeness (QED) is 0.884. The van der Waals surface area contributed by atoms with Crippen LogP contribution in [0.15, 0.2) is 0 Å². The van der Waals surface area contributed by atoms with Gasteiger partial charge in [0.2, 0.25) is 0 Å². The van der Waals surface area contributed by atoms with Gasteiger partial charge in [-0.25, -0.2) is 0 Å².